The van der Waals surface area contributed by atoms with Gasteiger partial charge in [0.15, 0.2) is 5.13 Å². The third-order valence-electron chi connectivity index (χ3n) is 2.97. The number of fused-ring (bicyclic) bond motifs is 1. The van der Waals surface area contributed by atoms with Crippen molar-refractivity contribution in [3.63, 3.8) is 0 Å². The van der Waals surface area contributed by atoms with Crippen LogP contribution in [0.3, 0.4) is 0 Å². The van der Waals surface area contributed by atoms with Crippen LogP contribution >= 0.6 is 23.1 Å². The zero-order chi connectivity index (χ0) is 14.2. The first-order valence-corrected chi connectivity index (χ1v) is 9.30. The van der Waals surface area contributed by atoms with Crippen molar-refractivity contribution in [3.8, 4) is 5.75 Å². The van der Waals surface area contributed by atoms with Crippen LogP contribution in [0.5, 0.6) is 5.75 Å². The average Bonchev–Trinajstić information content (AvgIpc) is 2.85. The Morgan fingerprint density at radius 1 is 1.30 bits per heavy atom. The average molecular weight is 310 g/mol. The predicted molar refractivity (Wildman–Crippen MR) is 91.5 cm³/mol. The highest BCUT2D eigenvalue weighted by Crippen LogP contribution is 2.29. The standard InChI is InChI=1S/C15H22N2OS2/c1-3-18-12-7-8-13-14(11-12)20-15(17-13)16-9-5-4-6-10-19-2/h7-8,11H,3-6,9-10H2,1-2H3,(H,16,17). The highest BCUT2D eigenvalue weighted by Gasteiger charge is 2.04. The van der Waals surface area contributed by atoms with Crippen LogP contribution in [0.15, 0.2) is 18.2 Å². The molecule has 0 amide bonds. The van der Waals surface area contributed by atoms with Crippen LogP contribution < -0.4 is 10.1 Å². The molecule has 5 heteroatoms. The first-order chi connectivity index (χ1) is 9.83. The molecule has 0 aliphatic heterocycles. The fourth-order valence-electron chi connectivity index (χ4n) is 1.98. The predicted octanol–water partition coefficient (Wildman–Crippen LogP) is 4.64. The van der Waals surface area contributed by atoms with E-state index in [1.54, 1.807) is 11.3 Å². The number of ether oxygens (including phenoxy) is 1. The summed E-state index contributed by atoms with van der Waals surface area (Å²) in [7, 11) is 0. The lowest BCUT2D eigenvalue weighted by atomic mass is 10.2. The summed E-state index contributed by atoms with van der Waals surface area (Å²) in [5.74, 6) is 2.19. The zero-order valence-electron chi connectivity index (χ0n) is 12.1. The minimum Gasteiger partial charge on any atom is -0.494 e. The number of thiazole rings is 1. The smallest absolute Gasteiger partial charge is 0.183 e. The number of nitrogens with zero attached hydrogens (tertiary/aromatic N) is 1. The fourth-order valence-corrected chi connectivity index (χ4v) is 3.39. The maximum atomic E-state index is 5.52. The van der Waals surface area contributed by atoms with Gasteiger partial charge in [0.2, 0.25) is 0 Å². The van der Waals surface area contributed by atoms with Crippen molar-refractivity contribution in [2.45, 2.75) is 26.2 Å². The molecule has 0 atom stereocenters. The molecule has 0 aliphatic carbocycles. The maximum absolute atomic E-state index is 5.52. The number of unbranched alkanes of at least 4 members (excludes halogenated alkanes) is 2. The van der Waals surface area contributed by atoms with Gasteiger partial charge in [-0.25, -0.2) is 4.98 Å². The molecule has 1 heterocycles. The first kappa shape index (κ1) is 15.4. The minimum absolute atomic E-state index is 0.700. The van der Waals surface area contributed by atoms with E-state index in [2.05, 4.69) is 22.6 Å². The van der Waals surface area contributed by atoms with E-state index in [4.69, 9.17) is 4.74 Å². The summed E-state index contributed by atoms with van der Waals surface area (Å²) in [6.07, 6.45) is 5.96. The SMILES string of the molecule is CCOc1ccc2nc(NCCCCCSC)sc2c1. The van der Waals surface area contributed by atoms with E-state index in [0.29, 0.717) is 6.61 Å². The number of hydrogen-bond acceptors (Lipinski definition) is 5. The second-order valence-corrected chi connectivity index (χ2v) is 6.58. The van der Waals surface area contributed by atoms with Crippen molar-refractivity contribution in [1.29, 1.82) is 0 Å². The molecule has 0 saturated heterocycles. The molecule has 2 rings (SSSR count). The molecule has 110 valence electrons. The third-order valence-corrected chi connectivity index (χ3v) is 4.65. The Morgan fingerprint density at radius 3 is 3.00 bits per heavy atom. The molecule has 0 spiro atoms. The van der Waals surface area contributed by atoms with Crippen LogP contribution in [0.25, 0.3) is 10.2 Å². The second-order valence-electron chi connectivity index (χ2n) is 4.56. The Kier molecular flexibility index (Phi) is 6.47. The first-order valence-electron chi connectivity index (χ1n) is 7.09. The fraction of sp³-hybridized carbons (Fsp3) is 0.533. The Balaban J connectivity index is 1.84. The van der Waals surface area contributed by atoms with Crippen molar-refractivity contribution >= 4 is 38.4 Å². The summed E-state index contributed by atoms with van der Waals surface area (Å²) < 4.78 is 6.70. The summed E-state index contributed by atoms with van der Waals surface area (Å²) in [4.78, 5) is 4.60. The van der Waals surface area contributed by atoms with Crippen LogP contribution in [0.4, 0.5) is 5.13 Å². The van der Waals surface area contributed by atoms with Gasteiger partial charge in [-0.1, -0.05) is 17.8 Å². The molecule has 0 fully saturated rings. The maximum Gasteiger partial charge on any atom is 0.183 e. The molecule has 3 nitrogen and oxygen atoms in total. The quantitative estimate of drug-likeness (QED) is 0.684. The molecule has 1 aromatic heterocycles. The number of hydrogen-bond donors (Lipinski definition) is 1. The van der Waals surface area contributed by atoms with Gasteiger partial charge in [-0.3, -0.25) is 0 Å². The number of benzene rings is 1. The lowest BCUT2D eigenvalue weighted by Gasteiger charge is -2.01. The molecular weight excluding hydrogens is 288 g/mol. The molecule has 1 aromatic carbocycles. The van der Waals surface area contributed by atoms with Gasteiger partial charge in [0.05, 0.1) is 16.8 Å². The highest BCUT2D eigenvalue weighted by atomic mass is 32.2. The number of anilines is 1. The number of aromatic nitrogens is 1. The summed E-state index contributed by atoms with van der Waals surface area (Å²) >= 11 is 3.62. The van der Waals surface area contributed by atoms with E-state index in [-0.39, 0.29) is 0 Å². The van der Waals surface area contributed by atoms with Gasteiger partial charge in [-0.15, -0.1) is 0 Å². The van der Waals surface area contributed by atoms with E-state index in [1.165, 1.54) is 29.7 Å². The van der Waals surface area contributed by atoms with Gasteiger partial charge in [0.25, 0.3) is 0 Å². The molecule has 0 bridgehead atoms. The Bertz CT molecular complexity index is 528. The summed E-state index contributed by atoms with van der Waals surface area (Å²) in [5, 5.41) is 4.43. The van der Waals surface area contributed by atoms with Crippen molar-refractivity contribution in [3.05, 3.63) is 18.2 Å². The van der Waals surface area contributed by atoms with Crippen molar-refractivity contribution in [2.24, 2.45) is 0 Å². The number of rotatable bonds is 9. The molecule has 1 N–H and O–H groups in total. The largest absolute Gasteiger partial charge is 0.494 e. The van der Waals surface area contributed by atoms with Gasteiger partial charge in [0, 0.05) is 6.54 Å². The molecule has 0 aliphatic rings. The summed E-state index contributed by atoms with van der Waals surface area (Å²) in [6.45, 7) is 3.71. The topological polar surface area (TPSA) is 34.1 Å². The van der Waals surface area contributed by atoms with Gasteiger partial charge in [0.1, 0.15) is 5.75 Å². The van der Waals surface area contributed by atoms with E-state index in [1.807, 2.05) is 30.8 Å². The number of thioether (sulfide) groups is 1. The summed E-state index contributed by atoms with van der Waals surface area (Å²) in [5.41, 5.74) is 1.04. The van der Waals surface area contributed by atoms with E-state index < -0.39 is 0 Å². The van der Waals surface area contributed by atoms with E-state index in [9.17, 15) is 0 Å². The van der Waals surface area contributed by atoms with Crippen LogP contribution in [0.2, 0.25) is 0 Å². The second kappa shape index (κ2) is 8.37. The Morgan fingerprint density at radius 2 is 2.20 bits per heavy atom. The van der Waals surface area contributed by atoms with Gasteiger partial charge >= 0.3 is 0 Å². The Hall–Kier alpha value is -0.940. The van der Waals surface area contributed by atoms with Gasteiger partial charge < -0.3 is 10.1 Å². The molecular formula is C15H22N2OS2. The van der Waals surface area contributed by atoms with Gasteiger partial charge in [-0.2, -0.15) is 11.8 Å². The van der Waals surface area contributed by atoms with Crippen molar-refractivity contribution in [2.75, 3.05) is 30.5 Å². The molecule has 0 unspecified atom stereocenters. The zero-order valence-corrected chi connectivity index (χ0v) is 13.8. The van der Waals surface area contributed by atoms with Crippen LogP contribution in [0.1, 0.15) is 26.2 Å². The molecule has 0 saturated carbocycles. The third kappa shape index (κ3) is 4.56. The lowest BCUT2D eigenvalue weighted by Crippen LogP contribution is -2.00. The monoisotopic (exact) mass is 310 g/mol. The minimum atomic E-state index is 0.700. The van der Waals surface area contributed by atoms with Crippen molar-refractivity contribution < 1.29 is 4.74 Å². The summed E-state index contributed by atoms with van der Waals surface area (Å²) in [6, 6.07) is 6.08. The molecule has 0 radical (unpaired) electrons. The van der Waals surface area contributed by atoms with E-state index in [0.717, 1.165) is 22.9 Å². The van der Waals surface area contributed by atoms with E-state index >= 15 is 0 Å². The van der Waals surface area contributed by atoms with Crippen LogP contribution in [-0.4, -0.2) is 30.1 Å². The normalized spacial score (nSPS) is 10.9. The van der Waals surface area contributed by atoms with Gasteiger partial charge in [-0.05, 0) is 50.0 Å². The lowest BCUT2D eigenvalue weighted by molar-refractivity contribution is 0.341. The Labute approximate surface area is 129 Å². The van der Waals surface area contributed by atoms with Crippen LogP contribution in [0, 0.1) is 0 Å². The van der Waals surface area contributed by atoms with Crippen LogP contribution in [-0.2, 0) is 0 Å². The highest BCUT2D eigenvalue weighted by molar-refractivity contribution is 7.98. The molecule has 20 heavy (non-hydrogen) atoms. The number of nitrogens with one attached hydrogen (secondary N) is 1. The van der Waals surface area contributed by atoms with Crippen molar-refractivity contribution in [1.82, 2.24) is 4.98 Å². The molecule has 2 aromatic rings.